The standard InChI is InChI=1S/C19H21NO3S/c1-2-23-19(22)20-17(13-15-9-5-3-6-10-15)18(21)14-24-16-11-7-4-8-12-16/h3-12,17H,2,13-14H2,1H3,(H,20,22)/t17-/m0/s1. The molecule has 0 spiro atoms. The van der Waals surface area contributed by atoms with Crippen molar-refractivity contribution in [1.29, 1.82) is 0 Å². The minimum absolute atomic E-state index is 0.0271. The molecule has 1 atom stereocenters. The molecular formula is C19H21NO3S. The number of carbonyl (C=O) groups is 2. The van der Waals surface area contributed by atoms with Crippen molar-refractivity contribution in [2.75, 3.05) is 12.4 Å². The highest BCUT2D eigenvalue weighted by atomic mass is 32.2. The van der Waals surface area contributed by atoms with Gasteiger partial charge in [-0.1, -0.05) is 48.5 Å². The van der Waals surface area contributed by atoms with Crippen LogP contribution in [0.15, 0.2) is 65.6 Å². The number of rotatable bonds is 8. The molecule has 126 valence electrons. The highest BCUT2D eigenvalue weighted by Crippen LogP contribution is 2.18. The lowest BCUT2D eigenvalue weighted by Gasteiger charge is -2.17. The number of alkyl carbamates (subject to hydrolysis) is 1. The molecule has 24 heavy (non-hydrogen) atoms. The average molecular weight is 343 g/mol. The lowest BCUT2D eigenvalue weighted by atomic mass is 10.0. The second-order valence-electron chi connectivity index (χ2n) is 5.18. The largest absolute Gasteiger partial charge is 0.450 e. The molecule has 5 heteroatoms. The molecule has 0 saturated carbocycles. The molecule has 0 aliphatic rings. The van der Waals surface area contributed by atoms with Crippen molar-refractivity contribution in [3.05, 3.63) is 66.2 Å². The molecule has 0 aliphatic carbocycles. The quantitative estimate of drug-likeness (QED) is 0.743. The normalized spacial score (nSPS) is 11.5. The van der Waals surface area contributed by atoms with Gasteiger partial charge in [-0.15, -0.1) is 11.8 Å². The van der Waals surface area contributed by atoms with Crippen molar-refractivity contribution in [2.45, 2.75) is 24.3 Å². The molecule has 2 aromatic rings. The van der Waals surface area contributed by atoms with Crippen LogP contribution in [0.5, 0.6) is 0 Å². The van der Waals surface area contributed by atoms with Gasteiger partial charge in [0.1, 0.15) is 0 Å². The average Bonchev–Trinajstić information content (AvgIpc) is 2.61. The van der Waals surface area contributed by atoms with Gasteiger partial charge < -0.3 is 10.1 Å². The number of nitrogens with one attached hydrogen (secondary N) is 1. The van der Waals surface area contributed by atoms with Gasteiger partial charge in [-0.25, -0.2) is 4.79 Å². The van der Waals surface area contributed by atoms with Gasteiger partial charge in [0.15, 0.2) is 5.78 Å². The smallest absolute Gasteiger partial charge is 0.407 e. The first-order valence-corrected chi connectivity index (χ1v) is 8.85. The van der Waals surface area contributed by atoms with Crippen LogP contribution in [0.3, 0.4) is 0 Å². The second kappa shape index (κ2) is 9.78. The molecule has 0 aromatic heterocycles. The number of hydrogen-bond donors (Lipinski definition) is 1. The summed E-state index contributed by atoms with van der Waals surface area (Å²) in [5.74, 6) is 0.272. The topological polar surface area (TPSA) is 55.4 Å². The van der Waals surface area contributed by atoms with Crippen molar-refractivity contribution < 1.29 is 14.3 Å². The van der Waals surface area contributed by atoms with Crippen LogP contribution in [-0.4, -0.2) is 30.3 Å². The Kier molecular flexibility index (Phi) is 7.36. The third kappa shape index (κ3) is 6.08. The van der Waals surface area contributed by atoms with E-state index in [2.05, 4.69) is 5.32 Å². The van der Waals surface area contributed by atoms with Gasteiger partial charge in [0.25, 0.3) is 0 Å². The Morgan fingerprint density at radius 1 is 1.04 bits per heavy atom. The van der Waals surface area contributed by atoms with Crippen LogP contribution in [-0.2, 0) is 16.0 Å². The molecule has 0 heterocycles. The first-order chi connectivity index (χ1) is 11.7. The molecule has 0 fully saturated rings. The summed E-state index contributed by atoms with van der Waals surface area (Å²) in [4.78, 5) is 25.3. The third-order valence-corrected chi connectivity index (χ3v) is 4.40. The Bertz CT molecular complexity index is 646. The fourth-order valence-electron chi connectivity index (χ4n) is 2.18. The Hall–Kier alpha value is -2.27. The summed E-state index contributed by atoms with van der Waals surface area (Å²) in [7, 11) is 0. The van der Waals surface area contributed by atoms with E-state index in [1.807, 2.05) is 60.7 Å². The van der Waals surface area contributed by atoms with E-state index in [1.54, 1.807) is 6.92 Å². The van der Waals surface area contributed by atoms with Gasteiger partial charge in [0.2, 0.25) is 0 Å². The molecule has 0 unspecified atom stereocenters. The van der Waals surface area contributed by atoms with Crippen LogP contribution < -0.4 is 5.32 Å². The molecule has 1 N–H and O–H groups in total. The molecule has 0 aliphatic heterocycles. The molecule has 0 bridgehead atoms. The van der Waals surface area contributed by atoms with Crippen LogP contribution in [0.2, 0.25) is 0 Å². The minimum atomic E-state index is -0.595. The number of Topliss-reactive ketones (excluding diaryl/α,β-unsaturated/α-hetero) is 1. The molecular weight excluding hydrogens is 322 g/mol. The summed E-state index contributed by atoms with van der Waals surface area (Å²) < 4.78 is 4.91. The zero-order valence-electron chi connectivity index (χ0n) is 13.6. The predicted octanol–water partition coefficient (Wildman–Crippen LogP) is 3.71. The van der Waals surface area contributed by atoms with Gasteiger partial charge in [0.05, 0.1) is 18.4 Å². The molecule has 1 amide bonds. The van der Waals surface area contributed by atoms with E-state index in [1.165, 1.54) is 11.8 Å². The fourth-order valence-corrected chi connectivity index (χ4v) is 3.04. The Balaban J connectivity index is 2.00. The number of hydrogen-bond acceptors (Lipinski definition) is 4. The summed E-state index contributed by atoms with van der Waals surface area (Å²) in [6, 6.07) is 18.8. The Labute approximate surface area is 146 Å². The van der Waals surface area contributed by atoms with E-state index < -0.39 is 12.1 Å². The van der Waals surface area contributed by atoms with Crippen LogP contribution >= 0.6 is 11.8 Å². The Morgan fingerprint density at radius 2 is 1.67 bits per heavy atom. The number of ketones is 1. The van der Waals surface area contributed by atoms with Crippen molar-refractivity contribution in [1.82, 2.24) is 5.32 Å². The van der Waals surface area contributed by atoms with Crippen molar-refractivity contribution in [3.63, 3.8) is 0 Å². The zero-order valence-corrected chi connectivity index (χ0v) is 14.4. The van der Waals surface area contributed by atoms with Gasteiger partial charge in [-0.3, -0.25) is 4.79 Å². The van der Waals surface area contributed by atoms with Crippen LogP contribution in [0, 0.1) is 0 Å². The maximum Gasteiger partial charge on any atom is 0.407 e. The van der Waals surface area contributed by atoms with Crippen LogP contribution in [0.4, 0.5) is 4.79 Å². The number of ether oxygens (including phenoxy) is 1. The van der Waals surface area contributed by atoms with E-state index in [9.17, 15) is 9.59 Å². The minimum Gasteiger partial charge on any atom is -0.450 e. The number of amides is 1. The van der Waals surface area contributed by atoms with Crippen molar-refractivity contribution >= 4 is 23.6 Å². The fraction of sp³-hybridized carbons (Fsp3) is 0.263. The number of benzene rings is 2. The summed E-state index contributed by atoms with van der Waals surface area (Å²) in [5.41, 5.74) is 0.998. The van der Waals surface area contributed by atoms with Gasteiger partial charge in [-0.2, -0.15) is 0 Å². The highest BCUT2D eigenvalue weighted by Gasteiger charge is 2.21. The van der Waals surface area contributed by atoms with E-state index in [-0.39, 0.29) is 12.4 Å². The summed E-state index contributed by atoms with van der Waals surface area (Å²) in [6.45, 7) is 2.01. The lowest BCUT2D eigenvalue weighted by Crippen LogP contribution is -2.43. The van der Waals surface area contributed by atoms with Gasteiger partial charge in [-0.05, 0) is 31.0 Å². The van der Waals surface area contributed by atoms with Crippen LogP contribution in [0.25, 0.3) is 0 Å². The molecule has 4 nitrogen and oxygen atoms in total. The molecule has 2 rings (SSSR count). The van der Waals surface area contributed by atoms with Gasteiger partial charge >= 0.3 is 6.09 Å². The number of thioether (sulfide) groups is 1. The van der Waals surface area contributed by atoms with E-state index in [0.717, 1.165) is 10.5 Å². The SMILES string of the molecule is CCOC(=O)N[C@@H](Cc1ccccc1)C(=O)CSc1ccccc1. The predicted molar refractivity (Wildman–Crippen MR) is 96.3 cm³/mol. The maximum atomic E-state index is 12.6. The first kappa shape index (κ1) is 18.1. The molecule has 0 saturated heterocycles. The molecule has 2 aromatic carbocycles. The Morgan fingerprint density at radius 3 is 2.29 bits per heavy atom. The number of carbonyl (C=O) groups excluding carboxylic acids is 2. The van der Waals surface area contributed by atoms with Crippen molar-refractivity contribution in [2.24, 2.45) is 0 Å². The van der Waals surface area contributed by atoms with E-state index >= 15 is 0 Å². The zero-order chi connectivity index (χ0) is 17.2. The molecule has 0 radical (unpaired) electrons. The summed E-state index contributed by atoms with van der Waals surface area (Å²) in [5, 5.41) is 2.68. The van der Waals surface area contributed by atoms with Gasteiger partial charge in [0, 0.05) is 4.90 Å². The maximum absolute atomic E-state index is 12.6. The second-order valence-corrected chi connectivity index (χ2v) is 6.22. The lowest BCUT2D eigenvalue weighted by molar-refractivity contribution is -0.118. The van der Waals surface area contributed by atoms with Crippen molar-refractivity contribution in [3.8, 4) is 0 Å². The monoisotopic (exact) mass is 343 g/mol. The summed E-state index contributed by atoms with van der Waals surface area (Å²) >= 11 is 1.47. The highest BCUT2D eigenvalue weighted by molar-refractivity contribution is 8.00. The van der Waals surface area contributed by atoms with E-state index in [4.69, 9.17) is 4.74 Å². The summed E-state index contributed by atoms with van der Waals surface area (Å²) in [6.07, 6.45) is -0.107. The third-order valence-electron chi connectivity index (χ3n) is 3.36. The van der Waals surface area contributed by atoms with E-state index in [0.29, 0.717) is 12.2 Å². The van der Waals surface area contributed by atoms with Crippen LogP contribution in [0.1, 0.15) is 12.5 Å². The first-order valence-electron chi connectivity index (χ1n) is 7.87.